The summed E-state index contributed by atoms with van der Waals surface area (Å²) in [6.45, 7) is 2.16. The van der Waals surface area contributed by atoms with Crippen LogP contribution in [-0.4, -0.2) is 15.6 Å². The van der Waals surface area contributed by atoms with E-state index in [9.17, 15) is 4.79 Å². The highest BCUT2D eigenvalue weighted by molar-refractivity contribution is 5.84. The molecule has 0 aromatic carbocycles. The minimum atomic E-state index is -0.504. The Morgan fingerprint density at radius 1 is 1.50 bits per heavy atom. The van der Waals surface area contributed by atoms with E-state index in [0.29, 0.717) is 6.42 Å². The maximum Gasteiger partial charge on any atom is 0.154 e. The van der Waals surface area contributed by atoms with Crippen molar-refractivity contribution in [1.29, 1.82) is 0 Å². The van der Waals surface area contributed by atoms with E-state index in [1.807, 2.05) is 7.05 Å². The van der Waals surface area contributed by atoms with E-state index in [1.165, 1.54) is 12.8 Å². The molecule has 0 amide bonds. The monoisotopic (exact) mass is 223 g/mol. The number of nitrogens with two attached hydrogens (primary N) is 1. The first-order chi connectivity index (χ1) is 7.65. The average molecular weight is 223 g/mol. The van der Waals surface area contributed by atoms with Gasteiger partial charge in [-0.15, -0.1) is 0 Å². The molecule has 0 aliphatic heterocycles. The van der Waals surface area contributed by atoms with Crippen molar-refractivity contribution in [2.75, 3.05) is 0 Å². The molecule has 4 heteroatoms. The molecule has 0 radical (unpaired) electrons. The third-order valence-corrected chi connectivity index (χ3v) is 2.71. The number of unbranched alkanes of at least 4 members (excludes halogenated alkanes) is 3. The third-order valence-electron chi connectivity index (χ3n) is 2.71. The number of hydrogen-bond donors (Lipinski definition) is 1. The first-order valence-electron chi connectivity index (χ1n) is 5.92. The number of hydrogen-bond acceptors (Lipinski definition) is 3. The minimum Gasteiger partial charge on any atom is -0.318 e. The van der Waals surface area contributed by atoms with Crippen LogP contribution < -0.4 is 5.73 Å². The van der Waals surface area contributed by atoms with Crippen molar-refractivity contribution in [1.82, 2.24) is 9.78 Å². The van der Waals surface area contributed by atoms with Crippen molar-refractivity contribution < 1.29 is 4.79 Å². The molecule has 1 heterocycles. The lowest BCUT2D eigenvalue weighted by Gasteiger charge is -2.07. The molecule has 0 aliphatic carbocycles. The van der Waals surface area contributed by atoms with Crippen LogP contribution in [0.5, 0.6) is 0 Å². The van der Waals surface area contributed by atoms with Crippen molar-refractivity contribution in [2.45, 2.75) is 45.1 Å². The molecule has 0 fully saturated rings. The Kier molecular flexibility index (Phi) is 5.19. The topological polar surface area (TPSA) is 60.9 Å². The molecule has 4 nitrogen and oxygen atoms in total. The van der Waals surface area contributed by atoms with Gasteiger partial charge in [0.15, 0.2) is 5.78 Å². The number of carbonyl (C=O) groups is 1. The van der Waals surface area contributed by atoms with Gasteiger partial charge in [0.2, 0.25) is 0 Å². The molecule has 16 heavy (non-hydrogen) atoms. The summed E-state index contributed by atoms with van der Waals surface area (Å²) in [6.07, 6.45) is 8.47. The van der Waals surface area contributed by atoms with Crippen LogP contribution in [0.2, 0.25) is 0 Å². The van der Waals surface area contributed by atoms with E-state index < -0.39 is 6.04 Å². The average Bonchev–Trinajstić information content (AvgIpc) is 2.70. The van der Waals surface area contributed by atoms with E-state index in [-0.39, 0.29) is 5.78 Å². The molecule has 0 bridgehead atoms. The highest BCUT2D eigenvalue weighted by atomic mass is 16.1. The molecular formula is C12H21N3O. The van der Waals surface area contributed by atoms with Crippen LogP contribution in [0.3, 0.4) is 0 Å². The van der Waals surface area contributed by atoms with Gasteiger partial charge in [-0.2, -0.15) is 5.10 Å². The van der Waals surface area contributed by atoms with E-state index >= 15 is 0 Å². The Hall–Kier alpha value is -1.16. The van der Waals surface area contributed by atoms with Crippen LogP contribution in [0.25, 0.3) is 0 Å². The first-order valence-corrected chi connectivity index (χ1v) is 5.92. The summed E-state index contributed by atoms with van der Waals surface area (Å²) in [5.74, 6) is 0.115. The summed E-state index contributed by atoms with van der Waals surface area (Å²) in [5, 5.41) is 4.01. The smallest absolute Gasteiger partial charge is 0.154 e. The Balaban J connectivity index is 2.36. The number of aromatic nitrogens is 2. The number of carbonyl (C=O) groups excluding carboxylic acids is 1. The first kappa shape index (κ1) is 12.9. The molecular weight excluding hydrogens is 202 g/mol. The highest BCUT2D eigenvalue weighted by Crippen LogP contribution is 2.13. The molecule has 90 valence electrons. The maximum absolute atomic E-state index is 11.8. The Morgan fingerprint density at radius 3 is 2.81 bits per heavy atom. The largest absolute Gasteiger partial charge is 0.318 e. The predicted molar refractivity (Wildman–Crippen MR) is 63.9 cm³/mol. The number of Topliss-reactive ketones (excluding diaryl/α,β-unsaturated/α-hetero) is 1. The summed E-state index contributed by atoms with van der Waals surface area (Å²) in [5.41, 5.74) is 6.67. The normalized spacial score (nSPS) is 12.7. The lowest BCUT2D eigenvalue weighted by atomic mass is 10.0. The molecule has 0 saturated heterocycles. The van der Waals surface area contributed by atoms with Crippen molar-refractivity contribution in [3.05, 3.63) is 18.0 Å². The van der Waals surface area contributed by atoms with Crippen LogP contribution in [0, 0.1) is 0 Å². The molecule has 1 rings (SSSR count). The zero-order valence-corrected chi connectivity index (χ0v) is 10.1. The lowest BCUT2D eigenvalue weighted by molar-refractivity contribution is -0.120. The number of ketones is 1. The van der Waals surface area contributed by atoms with Gasteiger partial charge in [-0.25, -0.2) is 0 Å². The van der Waals surface area contributed by atoms with Crippen molar-refractivity contribution in [2.24, 2.45) is 12.8 Å². The second-order valence-corrected chi connectivity index (χ2v) is 4.20. The van der Waals surface area contributed by atoms with Crippen molar-refractivity contribution in [3.8, 4) is 0 Å². The summed E-state index contributed by atoms with van der Waals surface area (Å²) >= 11 is 0. The van der Waals surface area contributed by atoms with Gasteiger partial charge in [-0.05, 0) is 6.42 Å². The molecule has 1 aromatic heterocycles. The van der Waals surface area contributed by atoms with Gasteiger partial charge in [0.1, 0.15) is 0 Å². The molecule has 1 atom stereocenters. The quantitative estimate of drug-likeness (QED) is 0.719. The van der Waals surface area contributed by atoms with Crippen molar-refractivity contribution >= 4 is 5.78 Å². The highest BCUT2D eigenvalue weighted by Gasteiger charge is 2.16. The van der Waals surface area contributed by atoms with Crippen LogP contribution >= 0.6 is 0 Å². The summed E-state index contributed by atoms with van der Waals surface area (Å²) < 4.78 is 1.67. The van der Waals surface area contributed by atoms with Gasteiger partial charge in [-0.3, -0.25) is 9.48 Å². The van der Waals surface area contributed by atoms with Gasteiger partial charge in [-0.1, -0.05) is 26.2 Å². The van der Waals surface area contributed by atoms with Gasteiger partial charge in [0, 0.05) is 25.2 Å². The molecule has 2 N–H and O–H groups in total. The van der Waals surface area contributed by atoms with Crippen molar-refractivity contribution in [3.63, 3.8) is 0 Å². The zero-order valence-electron chi connectivity index (χ0n) is 10.1. The van der Waals surface area contributed by atoms with Gasteiger partial charge in [0.25, 0.3) is 0 Å². The number of aryl methyl sites for hydroxylation is 1. The maximum atomic E-state index is 11.8. The van der Waals surface area contributed by atoms with Gasteiger partial charge < -0.3 is 5.73 Å². The minimum absolute atomic E-state index is 0.115. The lowest BCUT2D eigenvalue weighted by Crippen LogP contribution is -2.20. The Bertz CT molecular complexity index is 333. The Labute approximate surface area is 96.8 Å². The molecule has 1 unspecified atom stereocenters. The van der Waals surface area contributed by atoms with E-state index in [0.717, 1.165) is 18.4 Å². The third kappa shape index (κ3) is 3.77. The molecule has 0 aliphatic rings. The van der Waals surface area contributed by atoms with Gasteiger partial charge in [0.05, 0.1) is 12.2 Å². The van der Waals surface area contributed by atoms with Crippen LogP contribution in [0.15, 0.2) is 12.4 Å². The fourth-order valence-corrected chi connectivity index (χ4v) is 1.67. The van der Waals surface area contributed by atoms with Gasteiger partial charge >= 0.3 is 0 Å². The summed E-state index contributed by atoms with van der Waals surface area (Å²) in [6, 6.07) is -0.504. The number of rotatable bonds is 7. The molecule has 0 saturated carbocycles. The van der Waals surface area contributed by atoms with E-state index in [4.69, 9.17) is 5.73 Å². The molecule has 0 spiro atoms. The fourth-order valence-electron chi connectivity index (χ4n) is 1.67. The SMILES string of the molecule is CCCCCCC(=O)C(N)c1cnn(C)c1. The fraction of sp³-hybridized carbons (Fsp3) is 0.667. The number of nitrogens with zero attached hydrogens (tertiary/aromatic N) is 2. The zero-order chi connectivity index (χ0) is 12.0. The standard InChI is InChI=1S/C12H21N3O/c1-3-4-5-6-7-11(16)12(13)10-8-14-15(2)9-10/h8-9,12H,3-7,13H2,1-2H3. The van der Waals surface area contributed by atoms with Crippen LogP contribution in [0.4, 0.5) is 0 Å². The second-order valence-electron chi connectivity index (χ2n) is 4.20. The van der Waals surface area contributed by atoms with Crippen LogP contribution in [0.1, 0.15) is 50.6 Å². The summed E-state index contributed by atoms with van der Waals surface area (Å²) in [4.78, 5) is 11.8. The summed E-state index contributed by atoms with van der Waals surface area (Å²) in [7, 11) is 1.82. The van der Waals surface area contributed by atoms with E-state index in [2.05, 4.69) is 12.0 Å². The van der Waals surface area contributed by atoms with E-state index in [1.54, 1.807) is 17.1 Å². The molecule has 1 aromatic rings. The van der Waals surface area contributed by atoms with Crippen LogP contribution in [-0.2, 0) is 11.8 Å². The second kappa shape index (κ2) is 6.43. The Morgan fingerprint density at radius 2 is 2.25 bits per heavy atom. The predicted octanol–water partition coefficient (Wildman–Crippen LogP) is 1.96.